The summed E-state index contributed by atoms with van der Waals surface area (Å²) in [6, 6.07) is 2.30. The first kappa shape index (κ1) is 24.3. The lowest BCUT2D eigenvalue weighted by Gasteiger charge is -2.24. The zero-order valence-corrected chi connectivity index (χ0v) is 17.3. The van der Waals surface area contributed by atoms with Crippen molar-refractivity contribution in [2.75, 3.05) is 25.6 Å². The number of imidazole rings is 1. The second-order valence-corrected chi connectivity index (χ2v) is 7.40. The zero-order chi connectivity index (χ0) is 23.2. The van der Waals surface area contributed by atoms with Gasteiger partial charge in [-0.2, -0.15) is 28.4 Å². The number of hydrogen-bond acceptors (Lipinski definition) is 8. The summed E-state index contributed by atoms with van der Waals surface area (Å²) in [4.78, 5) is 24.2. The van der Waals surface area contributed by atoms with Crippen LogP contribution in [-0.4, -0.2) is 68.4 Å². The molecule has 170 valence electrons. The van der Waals surface area contributed by atoms with Crippen molar-refractivity contribution < 1.29 is 23.1 Å². The van der Waals surface area contributed by atoms with E-state index >= 15 is 0 Å². The molecule has 0 spiro atoms. The number of rotatable bonds is 6. The molecule has 10 nitrogen and oxygen atoms in total. The number of carboxylic acids is 1. The maximum Gasteiger partial charge on any atom is 0.490 e. The highest BCUT2D eigenvalue weighted by atomic mass is 19.4. The number of aliphatic carboxylic acids is 1. The molecule has 13 heteroatoms. The van der Waals surface area contributed by atoms with E-state index in [1.807, 2.05) is 24.7 Å². The number of aryl methyl sites for hydroxylation is 1. The molecule has 1 aliphatic rings. The average Bonchev–Trinajstić information content (AvgIpc) is 3.36. The highest BCUT2D eigenvalue weighted by Gasteiger charge is 2.38. The average molecular weight is 442 g/mol. The number of aromatic nitrogens is 4. The molecule has 2 aromatic rings. The van der Waals surface area contributed by atoms with Crippen molar-refractivity contribution in [2.45, 2.75) is 50.9 Å². The Morgan fingerprint density at radius 2 is 1.97 bits per heavy atom. The van der Waals surface area contributed by atoms with Gasteiger partial charge in [0.25, 0.3) is 0 Å². The van der Waals surface area contributed by atoms with Crippen LogP contribution in [0.4, 0.5) is 19.0 Å². The minimum atomic E-state index is -5.08. The molecule has 0 atom stereocenters. The number of anilines is 1. The van der Waals surface area contributed by atoms with Crippen LogP contribution in [0.15, 0.2) is 6.33 Å². The third-order valence-electron chi connectivity index (χ3n) is 4.75. The van der Waals surface area contributed by atoms with Gasteiger partial charge in [0.2, 0.25) is 5.82 Å². The molecule has 1 aliphatic carbocycles. The lowest BCUT2D eigenvalue weighted by atomic mass is 10.2. The maximum atomic E-state index is 10.6. The summed E-state index contributed by atoms with van der Waals surface area (Å²) in [5.74, 6) is 4.26. The van der Waals surface area contributed by atoms with Crippen molar-refractivity contribution in [3.05, 3.63) is 12.2 Å². The summed E-state index contributed by atoms with van der Waals surface area (Å²) in [5, 5.41) is 18.1. The van der Waals surface area contributed by atoms with Gasteiger partial charge in [0.15, 0.2) is 17.0 Å². The van der Waals surface area contributed by atoms with Crippen LogP contribution in [0.1, 0.15) is 37.9 Å². The first-order valence-corrected chi connectivity index (χ1v) is 9.66. The summed E-state index contributed by atoms with van der Waals surface area (Å²) in [5.41, 5.74) is 1.36. The van der Waals surface area contributed by atoms with Crippen LogP contribution in [0.2, 0.25) is 0 Å². The van der Waals surface area contributed by atoms with Crippen molar-refractivity contribution in [2.24, 2.45) is 5.84 Å². The van der Waals surface area contributed by atoms with E-state index in [9.17, 15) is 18.4 Å². The summed E-state index contributed by atoms with van der Waals surface area (Å²) in [6.07, 6.45) is 2.12. The van der Waals surface area contributed by atoms with E-state index in [1.54, 1.807) is 11.3 Å². The molecule has 0 radical (unpaired) electrons. The molecule has 31 heavy (non-hydrogen) atoms. The SMILES string of the molecule is CN(C)CCCn1cnc2c(N(N)C3CCCC3)nc(C#N)nc21.O=C(O)C(F)(F)F. The van der Waals surface area contributed by atoms with E-state index < -0.39 is 12.1 Å². The number of nitriles is 1. The van der Waals surface area contributed by atoms with Gasteiger partial charge in [-0.3, -0.25) is 5.01 Å². The van der Waals surface area contributed by atoms with Gasteiger partial charge in [-0.1, -0.05) is 12.8 Å². The minimum absolute atomic E-state index is 0.139. The third kappa shape index (κ3) is 6.50. The fourth-order valence-electron chi connectivity index (χ4n) is 3.24. The van der Waals surface area contributed by atoms with Crippen molar-refractivity contribution in [1.82, 2.24) is 24.4 Å². The van der Waals surface area contributed by atoms with Crippen LogP contribution < -0.4 is 10.9 Å². The van der Waals surface area contributed by atoms with Gasteiger partial charge in [-0.15, -0.1) is 0 Å². The Bertz CT molecular complexity index is 932. The lowest BCUT2D eigenvalue weighted by Crippen LogP contribution is -2.40. The molecule has 3 rings (SSSR count). The van der Waals surface area contributed by atoms with E-state index in [-0.39, 0.29) is 11.9 Å². The van der Waals surface area contributed by atoms with Crippen LogP contribution in [0, 0.1) is 11.3 Å². The predicted molar refractivity (Wildman–Crippen MR) is 106 cm³/mol. The number of nitrogens with zero attached hydrogens (tertiary/aromatic N) is 7. The van der Waals surface area contributed by atoms with Crippen molar-refractivity contribution in [3.63, 3.8) is 0 Å². The number of alkyl halides is 3. The molecule has 2 heterocycles. The molecule has 0 unspecified atom stereocenters. The van der Waals surface area contributed by atoms with Crippen molar-refractivity contribution in [1.29, 1.82) is 5.26 Å². The molecule has 0 saturated heterocycles. The van der Waals surface area contributed by atoms with Gasteiger partial charge in [0, 0.05) is 12.6 Å². The van der Waals surface area contributed by atoms with E-state index in [4.69, 9.17) is 15.7 Å². The van der Waals surface area contributed by atoms with Crippen molar-refractivity contribution in [3.8, 4) is 6.07 Å². The summed E-state index contributed by atoms with van der Waals surface area (Å²) >= 11 is 0. The van der Waals surface area contributed by atoms with E-state index in [2.05, 4.69) is 19.9 Å². The fourth-order valence-corrected chi connectivity index (χ4v) is 3.24. The minimum Gasteiger partial charge on any atom is -0.475 e. The Morgan fingerprint density at radius 3 is 2.48 bits per heavy atom. The molecule has 0 aromatic carbocycles. The first-order chi connectivity index (χ1) is 14.5. The smallest absolute Gasteiger partial charge is 0.475 e. The number of hydrogen-bond donors (Lipinski definition) is 2. The van der Waals surface area contributed by atoms with Crippen LogP contribution in [0.3, 0.4) is 0 Å². The summed E-state index contributed by atoms with van der Waals surface area (Å²) < 4.78 is 33.7. The van der Waals surface area contributed by atoms with Gasteiger partial charge in [0.1, 0.15) is 6.07 Å². The third-order valence-corrected chi connectivity index (χ3v) is 4.75. The van der Waals surface area contributed by atoms with Crippen molar-refractivity contribution >= 4 is 23.0 Å². The highest BCUT2D eigenvalue weighted by Crippen LogP contribution is 2.28. The number of halogens is 3. The molecule has 0 bridgehead atoms. The Morgan fingerprint density at radius 1 is 1.35 bits per heavy atom. The number of carboxylic acid groups (broad SMARTS) is 1. The normalized spacial score (nSPS) is 14.4. The van der Waals surface area contributed by atoms with Gasteiger partial charge in [-0.25, -0.2) is 15.6 Å². The fraction of sp³-hybridized carbons (Fsp3) is 0.611. The second-order valence-electron chi connectivity index (χ2n) is 7.40. The number of carbonyl (C=O) groups is 1. The molecule has 1 fully saturated rings. The monoisotopic (exact) mass is 442 g/mol. The summed E-state index contributed by atoms with van der Waals surface area (Å²) in [6.45, 7) is 1.78. The van der Waals surface area contributed by atoms with Crippen LogP contribution >= 0.6 is 0 Å². The quantitative estimate of drug-likeness (QED) is 0.507. The van der Waals surface area contributed by atoms with Gasteiger partial charge < -0.3 is 14.6 Å². The van der Waals surface area contributed by atoms with E-state index in [0.29, 0.717) is 17.0 Å². The Kier molecular flexibility index (Phi) is 8.12. The molecular formula is C18H25F3N8O2. The van der Waals surface area contributed by atoms with Crippen LogP contribution in [0.5, 0.6) is 0 Å². The molecule has 1 saturated carbocycles. The van der Waals surface area contributed by atoms with Gasteiger partial charge in [0.05, 0.1) is 6.33 Å². The molecule has 2 aromatic heterocycles. The van der Waals surface area contributed by atoms with Crippen LogP contribution in [-0.2, 0) is 11.3 Å². The largest absolute Gasteiger partial charge is 0.490 e. The second kappa shape index (κ2) is 10.4. The maximum absolute atomic E-state index is 10.6. The first-order valence-electron chi connectivity index (χ1n) is 9.66. The number of hydrazine groups is 1. The molecule has 0 amide bonds. The van der Waals surface area contributed by atoms with Crippen LogP contribution in [0.25, 0.3) is 11.2 Å². The Balaban J connectivity index is 0.000000423. The number of fused-ring (bicyclic) bond motifs is 1. The summed E-state index contributed by atoms with van der Waals surface area (Å²) in [7, 11) is 4.10. The van der Waals surface area contributed by atoms with E-state index in [0.717, 1.165) is 32.4 Å². The molecule has 3 N–H and O–H groups in total. The topological polar surface area (TPSA) is 137 Å². The number of nitrogens with two attached hydrogens (primary N) is 1. The Labute approximate surface area is 177 Å². The molecular weight excluding hydrogens is 417 g/mol. The standard InChI is InChI=1S/C16H24N8.C2HF3O2/c1-22(2)8-5-9-23-11-19-14-15(23)20-13(10-17)21-16(14)24(18)12-6-3-4-7-12;3-2(4,5)1(6)7/h11-12H,3-9,18H2,1-2H3;(H,6,7). The zero-order valence-electron chi connectivity index (χ0n) is 17.3. The predicted octanol–water partition coefficient (Wildman–Crippen LogP) is 1.91. The van der Waals surface area contributed by atoms with E-state index in [1.165, 1.54) is 12.8 Å². The lowest BCUT2D eigenvalue weighted by molar-refractivity contribution is -0.192. The van der Waals surface area contributed by atoms with Gasteiger partial charge >= 0.3 is 12.1 Å². The Hall–Kier alpha value is -2.98. The highest BCUT2D eigenvalue weighted by molar-refractivity contribution is 5.83. The van der Waals surface area contributed by atoms with Gasteiger partial charge in [-0.05, 0) is 39.9 Å². The molecule has 0 aliphatic heterocycles.